The highest BCUT2D eigenvalue weighted by Crippen LogP contribution is 2.31. The maximum absolute atomic E-state index is 13.2. The van der Waals surface area contributed by atoms with Gasteiger partial charge in [0.25, 0.3) is 5.91 Å². The van der Waals surface area contributed by atoms with E-state index in [1.54, 1.807) is 12.4 Å². The van der Waals surface area contributed by atoms with Gasteiger partial charge in [-0.05, 0) is 44.9 Å². The minimum Gasteiger partial charge on any atom is -0.339 e. The van der Waals surface area contributed by atoms with Crippen molar-refractivity contribution in [2.45, 2.75) is 77.8 Å². The molecule has 178 valence electrons. The number of nitrogens with zero attached hydrogens (tertiary/aromatic N) is 6. The van der Waals surface area contributed by atoms with Crippen LogP contribution in [0.4, 0.5) is 0 Å². The molecule has 2 fully saturated rings. The van der Waals surface area contributed by atoms with E-state index < -0.39 is 0 Å². The zero-order valence-electron chi connectivity index (χ0n) is 20.1. The fraction of sp³-hybridized carbons (Fsp3) is 0.640. The topological polar surface area (TPSA) is 84.2 Å². The summed E-state index contributed by atoms with van der Waals surface area (Å²) >= 11 is 0. The summed E-state index contributed by atoms with van der Waals surface area (Å²) in [6.07, 6.45) is 12.7. The van der Waals surface area contributed by atoms with Crippen molar-refractivity contribution in [2.75, 3.05) is 19.6 Å². The number of likely N-dealkylation sites (tertiary alicyclic amines) is 2. The molecule has 2 saturated heterocycles. The Morgan fingerprint density at radius 1 is 1.03 bits per heavy atom. The Morgan fingerprint density at radius 3 is 2.52 bits per heavy atom. The first-order valence-electron chi connectivity index (χ1n) is 12.3. The summed E-state index contributed by atoms with van der Waals surface area (Å²) in [7, 11) is 0. The van der Waals surface area contributed by atoms with Gasteiger partial charge >= 0.3 is 0 Å². The van der Waals surface area contributed by atoms with Gasteiger partial charge in [0.1, 0.15) is 11.5 Å². The SMILES string of the molecule is Cc1cnc(C(=O)N2CCC([C@@H]3CCCCN3C(=O)CCn3ccnc3C(C)C)CC2)cn1. The van der Waals surface area contributed by atoms with Crippen molar-refractivity contribution in [1.82, 2.24) is 29.3 Å². The molecule has 1 atom stereocenters. The maximum atomic E-state index is 13.2. The molecule has 2 aliphatic rings. The third-order valence-electron chi connectivity index (χ3n) is 7.07. The molecule has 0 unspecified atom stereocenters. The van der Waals surface area contributed by atoms with Crippen LogP contribution in [-0.2, 0) is 11.3 Å². The molecule has 0 saturated carbocycles. The molecule has 2 aromatic heterocycles. The molecule has 0 spiro atoms. The highest BCUT2D eigenvalue weighted by molar-refractivity contribution is 5.92. The molecule has 0 bridgehead atoms. The molecule has 0 aromatic carbocycles. The second kappa shape index (κ2) is 10.4. The van der Waals surface area contributed by atoms with Gasteiger partial charge in [0.15, 0.2) is 0 Å². The van der Waals surface area contributed by atoms with Gasteiger partial charge in [-0.3, -0.25) is 14.6 Å². The molecule has 4 heterocycles. The molecule has 0 aliphatic carbocycles. The van der Waals surface area contributed by atoms with E-state index in [2.05, 4.69) is 38.3 Å². The van der Waals surface area contributed by atoms with Gasteiger partial charge < -0.3 is 14.4 Å². The monoisotopic (exact) mass is 452 g/mol. The van der Waals surface area contributed by atoms with Crippen LogP contribution in [0.15, 0.2) is 24.8 Å². The standard InChI is InChI=1S/C25H36N6O2/c1-18(2)24-26-10-15-29(24)14-9-23(32)31-11-5-4-6-22(31)20-7-12-30(13-8-20)25(33)21-17-27-19(3)16-28-21/h10,15-18,20,22H,4-9,11-14H2,1-3H3/t22-/m0/s1. The molecular formula is C25H36N6O2. The molecule has 33 heavy (non-hydrogen) atoms. The van der Waals surface area contributed by atoms with Crippen molar-refractivity contribution in [3.63, 3.8) is 0 Å². The number of hydrogen-bond acceptors (Lipinski definition) is 5. The summed E-state index contributed by atoms with van der Waals surface area (Å²) in [5, 5.41) is 0. The van der Waals surface area contributed by atoms with Crippen molar-refractivity contribution < 1.29 is 9.59 Å². The number of aryl methyl sites for hydroxylation is 2. The zero-order valence-corrected chi connectivity index (χ0v) is 20.1. The summed E-state index contributed by atoms with van der Waals surface area (Å²) in [6, 6.07) is 0.287. The van der Waals surface area contributed by atoms with E-state index in [9.17, 15) is 9.59 Å². The van der Waals surface area contributed by atoms with Gasteiger partial charge in [0.05, 0.1) is 11.9 Å². The normalized spacial score (nSPS) is 19.8. The summed E-state index contributed by atoms with van der Waals surface area (Å²) in [5.41, 5.74) is 1.22. The number of aromatic nitrogens is 4. The first-order valence-corrected chi connectivity index (χ1v) is 12.3. The second-order valence-corrected chi connectivity index (χ2v) is 9.71. The molecule has 4 rings (SSSR count). The van der Waals surface area contributed by atoms with E-state index in [0.717, 1.165) is 43.7 Å². The van der Waals surface area contributed by atoms with Crippen LogP contribution < -0.4 is 0 Å². The van der Waals surface area contributed by atoms with Crippen LogP contribution in [0.2, 0.25) is 0 Å². The number of rotatable bonds is 6. The Bertz CT molecular complexity index is 946. The largest absolute Gasteiger partial charge is 0.339 e. The average Bonchev–Trinajstić information content (AvgIpc) is 3.32. The first-order chi connectivity index (χ1) is 15.9. The lowest BCUT2D eigenvalue weighted by molar-refractivity contribution is -0.137. The summed E-state index contributed by atoms with van der Waals surface area (Å²) < 4.78 is 2.11. The Morgan fingerprint density at radius 2 is 1.82 bits per heavy atom. The van der Waals surface area contributed by atoms with Gasteiger partial charge in [0.2, 0.25) is 5.91 Å². The first kappa shape index (κ1) is 23.4. The van der Waals surface area contributed by atoms with Crippen LogP contribution >= 0.6 is 0 Å². The van der Waals surface area contributed by atoms with E-state index in [1.807, 2.05) is 24.2 Å². The van der Waals surface area contributed by atoms with Crippen molar-refractivity contribution in [2.24, 2.45) is 5.92 Å². The molecule has 8 nitrogen and oxygen atoms in total. The van der Waals surface area contributed by atoms with E-state index in [1.165, 1.54) is 6.42 Å². The van der Waals surface area contributed by atoms with E-state index in [4.69, 9.17) is 0 Å². The van der Waals surface area contributed by atoms with Crippen LogP contribution in [0.1, 0.15) is 80.3 Å². The number of carbonyl (C=O) groups is 2. The third-order valence-corrected chi connectivity index (χ3v) is 7.07. The van der Waals surface area contributed by atoms with Crippen LogP contribution in [-0.4, -0.2) is 66.8 Å². The van der Waals surface area contributed by atoms with Crippen LogP contribution in [0.3, 0.4) is 0 Å². The minimum absolute atomic E-state index is 0.0428. The predicted molar refractivity (Wildman–Crippen MR) is 126 cm³/mol. The average molecular weight is 453 g/mol. The summed E-state index contributed by atoms with van der Waals surface area (Å²) in [5.74, 6) is 2.03. The molecule has 2 aliphatic heterocycles. The fourth-order valence-electron chi connectivity index (χ4n) is 5.28. The number of amides is 2. The predicted octanol–water partition coefficient (Wildman–Crippen LogP) is 3.43. The second-order valence-electron chi connectivity index (χ2n) is 9.71. The Kier molecular flexibility index (Phi) is 7.40. The summed E-state index contributed by atoms with van der Waals surface area (Å²) in [4.78, 5) is 42.9. The van der Waals surface area contributed by atoms with E-state index in [-0.39, 0.29) is 17.9 Å². The van der Waals surface area contributed by atoms with Crippen molar-refractivity contribution >= 4 is 11.8 Å². The summed E-state index contributed by atoms with van der Waals surface area (Å²) in [6.45, 7) is 9.08. The van der Waals surface area contributed by atoms with Gasteiger partial charge in [-0.15, -0.1) is 0 Å². The van der Waals surface area contributed by atoms with Crippen molar-refractivity contribution in [1.29, 1.82) is 0 Å². The quantitative estimate of drug-likeness (QED) is 0.670. The zero-order chi connectivity index (χ0) is 23.4. The van der Waals surface area contributed by atoms with E-state index >= 15 is 0 Å². The van der Waals surface area contributed by atoms with Gasteiger partial charge in [-0.1, -0.05) is 13.8 Å². The number of imidazole rings is 1. The third kappa shape index (κ3) is 5.42. The van der Waals surface area contributed by atoms with Crippen LogP contribution in [0.25, 0.3) is 0 Å². The molecular weight excluding hydrogens is 416 g/mol. The molecule has 2 amide bonds. The lowest BCUT2D eigenvalue weighted by Crippen LogP contribution is -2.51. The molecule has 0 radical (unpaired) electrons. The Labute approximate surface area is 196 Å². The Hall–Kier alpha value is -2.77. The maximum Gasteiger partial charge on any atom is 0.274 e. The molecule has 2 aromatic rings. The van der Waals surface area contributed by atoms with Gasteiger partial charge in [-0.2, -0.15) is 0 Å². The van der Waals surface area contributed by atoms with Crippen LogP contribution in [0.5, 0.6) is 0 Å². The van der Waals surface area contributed by atoms with Gasteiger partial charge in [-0.25, -0.2) is 9.97 Å². The van der Waals surface area contributed by atoms with E-state index in [0.29, 0.717) is 43.6 Å². The van der Waals surface area contributed by atoms with Crippen LogP contribution in [0, 0.1) is 12.8 Å². The minimum atomic E-state index is -0.0428. The Balaban J connectivity index is 1.33. The number of piperidine rings is 2. The highest BCUT2D eigenvalue weighted by Gasteiger charge is 2.35. The molecule has 0 N–H and O–H groups in total. The lowest BCUT2D eigenvalue weighted by atomic mass is 9.83. The number of carbonyl (C=O) groups excluding carboxylic acids is 2. The molecule has 8 heteroatoms. The highest BCUT2D eigenvalue weighted by atomic mass is 16.2. The van der Waals surface area contributed by atoms with Crippen molar-refractivity contribution in [3.05, 3.63) is 42.0 Å². The lowest BCUT2D eigenvalue weighted by Gasteiger charge is -2.43. The number of hydrogen-bond donors (Lipinski definition) is 0. The van der Waals surface area contributed by atoms with Crippen molar-refractivity contribution in [3.8, 4) is 0 Å². The van der Waals surface area contributed by atoms with Gasteiger partial charge in [0, 0.05) is 63.2 Å². The smallest absolute Gasteiger partial charge is 0.274 e. The fourth-order valence-corrected chi connectivity index (χ4v) is 5.28.